The molecule has 0 bridgehead atoms. The second kappa shape index (κ2) is 10.2. The Hall–Kier alpha value is -2.19. The van der Waals surface area contributed by atoms with E-state index in [0.29, 0.717) is 30.3 Å². The highest BCUT2D eigenvalue weighted by atomic mass is 35.5. The monoisotopic (exact) mass is 408 g/mol. The van der Waals surface area contributed by atoms with Crippen LogP contribution in [0.5, 0.6) is 0 Å². The van der Waals surface area contributed by atoms with Gasteiger partial charge >= 0.3 is 0 Å². The van der Waals surface area contributed by atoms with Gasteiger partial charge in [-0.3, -0.25) is 4.79 Å². The van der Waals surface area contributed by atoms with Crippen LogP contribution in [0.15, 0.2) is 59.5 Å². The Balaban J connectivity index is 1.95. The fourth-order valence-electron chi connectivity index (χ4n) is 2.18. The minimum absolute atomic E-state index is 0.129. The Morgan fingerprint density at radius 3 is 2.52 bits per heavy atom. The van der Waals surface area contributed by atoms with Crippen LogP contribution in [-0.4, -0.2) is 34.6 Å². The zero-order chi connectivity index (χ0) is 19.7. The number of amides is 1. The van der Waals surface area contributed by atoms with Crippen molar-refractivity contribution in [2.75, 3.05) is 25.6 Å². The SMILES string of the molecule is COCCCNS(=O)(=O)c1ccc(NC(=O)/C=C/c2ccccc2Cl)cc1. The van der Waals surface area contributed by atoms with Gasteiger partial charge in [-0.05, 0) is 48.4 Å². The largest absolute Gasteiger partial charge is 0.385 e. The van der Waals surface area contributed by atoms with Crippen molar-refractivity contribution in [1.82, 2.24) is 4.72 Å². The summed E-state index contributed by atoms with van der Waals surface area (Å²) < 4.78 is 31.7. The molecule has 0 saturated carbocycles. The van der Waals surface area contributed by atoms with Crippen molar-refractivity contribution in [3.8, 4) is 0 Å². The van der Waals surface area contributed by atoms with E-state index in [4.69, 9.17) is 16.3 Å². The third-order valence-corrected chi connectivity index (χ3v) is 5.39. The predicted molar refractivity (Wildman–Crippen MR) is 107 cm³/mol. The third-order valence-electron chi connectivity index (χ3n) is 3.57. The number of methoxy groups -OCH3 is 1. The van der Waals surface area contributed by atoms with Gasteiger partial charge in [0.05, 0.1) is 4.90 Å². The standard InChI is InChI=1S/C19H21ClN2O4S/c1-26-14-4-13-21-27(24,25)17-10-8-16(9-11-17)22-19(23)12-7-15-5-2-3-6-18(15)20/h2-3,5-12,21H,4,13-14H2,1H3,(H,22,23)/b12-7+. The number of ether oxygens (including phenoxy) is 1. The number of hydrogen-bond acceptors (Lipinski definition) is 4. The van der Waals surface area contributed by atoms with Gasteiger partial charge in [-0.1, -0.05) is 29.8 Å². The lowest BCUT2D eigenvalue weighted by Crippen LogP contribution is -2.25. The smallest absolute Gasteiger partial charge is 0.248 e. The van der Waals surface area contributed by atoms with Crippen LogP contribution in [0.1, 0.15) is 12.0 Å². The fraction of sp³-hybridized carbons (Fsp3) is 0.211. The van der Waals surface area contributed by atoms with Crippen LogP contribution in [0.2, 0.25) is 5.02 Å². The van der Waals surface area contributed by atoms with Gasteiger partial charge in [0.15, 0.2) is 0 Å². The number of rotatable bonds is 9. The Morgan fingerprint density at radius 1 is 1.15 bits per heavy atom. The second-order valence-electron chi connectivity index (χ2n) is 5.61. The molecule has 0 aromatic heterocycles. The number of carbonyl (C=O) groups is 1. The number of benzene rings is 2. The lowest BCUT2D eigenvalue weighted by atomic mass is 10.2. The molecule has 8 heteroatoms. The van der Waals surface area contributed by atoms with Crippen molar-refractivity contribution in [1.29, 1.82) is 0 Å². The van der Waals surface area contributed by atoms with Crippen LogP contribution in [0, 0.1) is 0 Å². The molecule has 6 nitrogen and oxygen atoms in total. The molecule has 0 aliphatic heterocycles. The summed E-state index contributed by atoms with van der Waals surface area (Å²) in [7, 11) is -2.02. The van der Waals surface area contributed by atoms with Gasteiger partial charge in [0.1, 0.15) is 0 Å². The van der Waals surface area contributed by atoms with Crippen LogP contribution in [0.25, 0.3) is 6.08 Å². The molecule has 0 fully saturated rings. The van der Waals surface area contributed by atoms with Gasteiger partial charge in [0.2, 0.25) is 15.9 Å². The van der Waals surface area contributed by atoms with Crippen molar-refractivity contribution < 1.29 is 17.9 Å². The molecular formula is C19H21ClN2O4S. The highest BCUT2D eigenvalue weighted by Crippen LogP contribution is 2.17. The van der Waals surface area contributed by atoms with E-state index in [-0.39, 0.29) is 10.8 Å². The average Bonchev–Trinajstić information content (AvgIpc) is 2.65. The Labute approximate surface area is 164 Å². The van der Waals surface area contributed by atoms with Gasteiger partial charge in [0, 0.05) is 37.0 Å². The van der Waals surface area contributed by atoms with Crippen LogP contribution in [0.3, 0.4) is 0 Å². The molecule has 2 aromatic rings. The first kappa shape index (κ1) is 21.1. The molecule has 0 spiro atoms. The molecule has 0 unspecified atom stereocenters. The summed E-state index contributed by atoms with van der Waals surface area (Å²) >= 11 is 6.03. The van der Waals surface area contributed by atoms with E-state index < -0.39 is 10.0 Å². The van der Waals surface area contributed by atoms with Crippen molar-refractivity contribution in [3.05, 3.63) is 65.2 Å². The molecule has 0 aliphatic rings. The lowest BCUT2D eigenvalue weighted by Gasteiger charge is -2.08. The first-order valence-electron chi connectivity index (χ1n) is 8.24. The third kappa shape index (κ3) is 6.80. The van der Waals surface area contributed by atoms with E-state index in [9.17, 15) is 13.2 Å². The highest BCUT2D eigenvalue weighted by molar-refractivity contribution is 7.89. The molecule has 0 saturated heterocycles. The van der Waals surface area contributed by atoms with Crippen LogP contribution in [0.4, 0.5) is 5.69 Å². The summed E-state index contributed by atoms with van der Waals surface area (Å²) in [6.07, 6.45) is 3.56. The number of nitrogens with one attached hydrogen (secondary N) is 2. The van der Waals surface area contributed by atoms with Crippen molar-refractivity contribution >= 4 is 39.3 Å². The number of halogens is 1. The first-order valence-corrected chi connectivity index (χ1v) is 10.1. The van der Waals surface area contributed by atoms with Crippen LogP contribution < -0.4 is 10.0 Å². The molecule has 144 valence electrons. The quantitative estimate of drug-likeness (QED) is 0.492. The zero-order valence-electron chi connectivity index (χ0n) is 14.8. The summed E-state index contributed by atoms with van der Waals surface area (Å²) in [5, 5.41) is 3.22. The Kier molecular flexibility index (Phi) is 7.99. The van der Waals surface area contributed by atoms with Crippen LogP contribution >= 0.6 is 11.6 Å². The normalized spacial score (nSPS) is 11.6. The maximum absolute atomic E-state index is 12.2. The van der Waals surface area contributed by atoms with Crippen LogP contribution in [-0.2, 0) is 19.6 Å². The Morgan fingerprint density at radius 2 is 1.85 bits per heavy atom. The average molecular weight is 409 g/mol. The minimum atomic E-state index is -3.58. The van der Waals surface area contributed by atoms with Crippen molar-refractivity contribution in [2.45, 2.75) is 11.3 Å². The number of carbonyl (C=O) groups excluding carboxylic acids is 1. The van der Waals surface area contributed by atoms with Gasteiger partial charge in [-0.2, -0.15) is 0 Å². The number of anilines is 1. The molecule has 27 heavy (non-hydrogen) atoms. The summed E-state index contributed by atoms with van der Waals surface area (Å²) in [6, 6.07) is 13.1. The van der Waals surface area contributed by atoms with Crippen molar-refractivity contribution in [3.63, 3.8) is 0 Å². The molecule has 0 heterocycles. The molecule has 2 aromatic carbocycles. The Bertz CT molecular complexity index is 896. The molecular weight excluding hydrogens is 388 g/mol. The summed E-state index contributed by atoms with van der Waals surface area (Å²) in [6.45, 7) is 0.775. The van der Waals surface area contributed by atoms with Gasteiger partial charge in [-0.15, -0.1) is 0 Å². The maximum Gasteiger partial charge on any atom is 0.248 e. The second-order valence-corrected chi connectivity index (χ2v) is 7.79. The molecule has 2 rings (SSSR count). The molecule has 1 amide bonds. The molecule has 0 aliphatic carbocycles. The van der Waals surface area contributed by atoms with Crippen molar-refractivity contribution in [2.24, 2.45) is 0 Å². The van der Waals surface area contributed by atoms with E-state index >= 15 is 0 Å². The number of hydrogen-bond donors (Lipinski definition) is 2. The highest BCUT2D eigenvalue weighted by Gasteiger charge is 2.13. The lowest BCUT2D eigenvalue weighted by molar-refractivity contribution is -0.111. The molecule has 2 N–H and O–H groups in total. The van der Waals surface area contributed by atoms with Gasteiger partial charge < -0.3 is 10.1 Å². The van der Waals surface area contributed by atoms with Gasteiger partial charge in [0.25, 0.3) is 0 Å². The fourth-order valence-corrected chi connectivity index (χ4v) is 3.46. The van der Waals surface area contributed by atoms with E-state index in [1.165, 1.54) is 30.3 Å². The van der Waals surface area contributed by atoms with E-state index in [1.807, 2.05) is 12.1 Å². The number of sulfonamides is 1. The van der Waals surface area contributed by atoms with E-state index in [1.54, 1.807) is 25.3 Å². The van der Waals surface area contributed by atoms with E-state index in [2.05, 4.69) is 10.0 Å². The first-order chi connectivity index (χ1) is 12.9. The topological polar surface area (TPSA) is 84.5 Å². The summed E-state index contributed by atoms with van der Waals surface area (Å²) in [4.78, 5) is 12.1. The van der Waals surface area contributed by atoms with E-state index in [0.717, 1.165) is 5.56 Å². The summed E-state index contributed by atoms with van der Waals surface area (Å²) in [5.41, 5.74) is 1.22. The van der Waals surface area contributed by atoms with Gasteiger partial charge in [-0.25, -0.2) is 13.1 Å². The zero-order valence-corrected chi connectivity index (χ0v) is 16.4. The summed E-state index contributed by atoms with van der Waals surface area (Å²) in [5.74, 6) is -0.344. The minimum Gasteiger partial charge on any atom is -0.385 e. The predicted octanol–water partition coefficient (Wildman–Crippen LogP) is 3.31. The molecule has 0 atom stereocenters. The maximum atomic E-state index is 12.2. The molecule has 0 radical (unpaired) electrons.